The van der Waals surface area contributed by atoms with E-state index in [2.05, 4.69) is 10.6 Å². The molecule has 2 aliphatic rings. The third-order valence-corrected chi connectivity index (χ3v) is 3.65. The SMILES string of the molecule is O=C(O)CNC1CCCCC1NCC1CC1. The molecule has 0 saturated heterocycles. The monoisotopic (exact) mass is 226 g/mol. The molecule has 0 aromatic rings. The van der Waals surface area contributed by atoms with Crippen molar-refractivity contribution in [2.75, 3.05) is 13.1 Å². The van der Waals surface area contributed by atoms with Crippen LogP contribution in [0.2, 0.25) is 0 Å². The van der Waals surface area contributed by atoms with Crippen molar-refractivity contribution in [1.29, 1.82) is 0 Å². The van der Waals surface area contributed by atoms with E-state index in [0.717, 1.165) is 18.9 Å². The largest absolute Gasteiger partial charge is 0.480 e. The highest BCUT2D eigenvalue weighted by Gasteiger charge is 2.27. The summed E-state index contributed by atoms with van der Waals surface area (Å²) in [6.45, 7) is 1.21. The number of hydrogen-bond donors (Lipinski definition) is 3. The van der Waals surface area contributed by atoms with E-state index in [1.54, 1.807) is 0 Å². The van der Waals surface area contributed by atoms with Crippen LogP contribution in [0.15, 0.2) is 0 Å². The second-order valence-corrected chi connectivity index (χ2v) is 5.12. The highest BCUT2D eigenvalue weighted by Crippen LogP contribution is 2.28. The zero-order valence-corrected chi connectivity index (χ0v) is 9.74. The molecule has 2 aliphatic carbocycles. The molecule has 16 heavy (non-hydrogen) atoms. The standard InChI is InChI=1S/C12H22N2O2/c15-12(16)8-14-11-4-2-1-3-10(11)13-7-9-5-6-9/h9-11,13-14H,1-8H2,(H,15,16). The van der Waals surface area contributed by atoms with Crippen LogP contribution in [0.25, 0.3) is 0 Å². The number of carbonyl (C=O) groups is 1. The Labute approximate surface area is 96.8 Å². The molecule has 0 aromatic heterocycles. The second-order valence-electron chi connectivity index (χ2n) is 5.12. The van der Waals surface area contributed by atoms with E-state index < -0.39 is 5.97 Å². The van der Waals surface area contributed by atoms with Crippen molar-refractivity contribution >= 4 is 5.97 Å². The van der Waals surface area contributed by atoms with Crippen LogP contribution in [0.4, 0.5) is 0 Å². The number of carboxylic acids is 1. The van der Waals surface area contributed by atoms with Crippen LogP contribution >= 0.6 is 0 Å². The molecule has 2 atom stereocenters. The smallest absolute Gasteiger partial charge is 0.317 e. The maximum atomic E-state index is 10.5. The number of nitrogens with one attached hydrogen (secondary N) is 2. The van der Waals surface area contributed by atoms with Crippen LogP contribution in [0.5, 0.6) is 0 Å². The van der Waals surface area contributed by atoms with Gasteiger partial charge in [0.2, 0.25) is 0 Å². The van der Waals surface area contributed by atoms with E-state index in [9.17, 15) is 4.79 Å². The van der Waals surface area contributed by atoms with Gasteiger partial charge in [0.05, 0.1) is 6.54 Å². The number of aliphatic carboxylic acids is 1. The van der Waals surface area contributed by atoms with Crippen LogP contribution in [0.3, 0.4) is 0 Å². The zero-order valence-electron chi connectivity index (χ0n) is 9.74. The summed E-state index contributed by atoms with van der Waals surface area (Å²) in [5.74, 6) is 0.133. The molecular formula is C12H22N2O2. The first-order valence-corrected chi connectivity index (χ1v) is 6.44. The highest BCUT2D eigenvalue weighted by atomic mass is 16.4. The van der Waals surface area contributed by atoms with E-state index >= 15 is 0 Å². The van der Waals surface area contributed by atoms with Gasteiger partial charge in [-0.3, -0.25) is 4.79 Å². The predicted octanol–water partition coefficient (Wildman–Crippen LogP) is 0.971. The summed E-state index contributed by atoms with van der Waals surface area (Å²) in [6, 6.07) is 0.831. The summed E-state index contributed by atoms with van der Waals surface area (Å²) in [6.07, 6.45) is 7.52. The van der Waals surface area contributed by atoms with Gasteiger partial charge in [0, 0.05) is 12.1 Å². The summed E-state index contributed by atoms with van der Waals surface area (Å²) in [4.78, 5) is 10.5. The van der Waals surface area contributed by atoms with Crippen LogP contribution in [0, 0.1) is 5.92 Å². The van der Waals surface area contributed by atoms with E-state index in [0.29, 0.717) is 12.1 Å². The first-order chi connectivity index (χ1) is 7.75. The maximum absolute atomic E-state index is 10.5. The summed E-state index contributed by atoms with van der Waals surface area (Å²) in [5, 5.41) is 15.4. The van der Waals surface area contributed by atoms with Crippen LogP contribution in [-0.4, -0.2) is 36.2 Å². The molecule has 2 saturated carbocycles. The predicted molar refractivity (Wildman–Crippen MR) is 62.4 cm³/mol. The summed E-state index contributed by atoms with van der Waals surface area (Å²) in [5.41, 5.74) is 0. The van der Waals surface area contributed by atoms with Crippen molar-refractivity contribution in [2.24, 2.45) is 5.92 Å². The Bertz CT molecular complexity index is 241. The van der Waals surface area contributed by atoms with Gasteiger partial charge in [0.1, 0.15) is 0 Å². The Morgan fingerprint density at radius 1 is 1.06 bits per heavy atom. The van der Waals surface area contributed by atoms with Gasteiger partial charge in [-0.05, 0) is 38.1 Å². The average molecular weight is 226 g/mol. The van der Waals surface area contributed by atoms with Crippen LogP contribution in [-0.2, 0) is 4.79 Å². The molecule has 0 spiro atoms. The minimum atomic E-state index is -0.758. The van der Waals surface area contributed by atoms with E-state index in [1.165, 1.54) is 32.1 Å². The Hall–Kier alpha value is -0.610. The van der Waals surface area contributed by atoms with E-state index in [-0.39, 0.29) is 6.54 Å². The molecule has 92 valence electrons. The first-order valence-electron chi connectivity index (χ1n) is 6.44. The Morgan fingerprint density at radius 2 is 1.69 bits per heavy atom. The molecule has 2 rings (SSSR count). The Balaban J connectivity index is 1.73. The molecular weight excluding hydrogens is 204 g/mol. The van der Waals surface area contributed by atoms with Crippen molar-refractivity contribution in [3.05, 3.63) is 0 Å². The van der Waals surface area contributed by atoms with Crippen LogP contribution in [0.1, 0.15) is 38.5 Å². The molecule has 0 aliphatic heterocycles. The van der Waals surface area contributed by atoms with Gasteiger partial charge >= 0.3 is 5.97 Å². The lowest BCUT2D eigenvalue weighted by Crippen LogP contribution is -2.51. The van der Waals surface area contributed by atoms with Crippen molar-refractivity contribution in [3.8, 4) is 0 Å². The van der Waals surface area contributed by atoms with Crippen LogP contribution < -0.4 is 10.6 Å². The van der Waals surface area contributed by atoms with Gasteiger partial charge in [-0.15, -0.1) is 0 Å². The van der Waals surface area contributed by atoms with E-state index in [1.807, 2.05) is 0 Å². The number of carboxylic acid groups (broad SMARTS) is 1. The lowest BCUT2D eigenvalue weighted by atomic mass is 9.90. The normalized spacial score (nSPS) is 30.2. The minimum Gasteiger partial charge on any atom is -0.480 e. The maximum Gasteiger partial charge on any atom is 0.317 e. The van der Waals surface area contributed by atoms with Crippen molar-refractivity contribution in [1.82, 2.24) is 10.6 Å². The second kappa shape index (κ2) is 5.64. The number of rotatable bonds is 6. The van der Waals surface area contributed by atoms with Gasteiger partial charge in [-0.2, -0.15) is 0 Å². The van der Waals surface area contributed by atoms with Gasteiger partial charge in [0.25, 0.3) is 0 Å². The third-order valence-electron chi connectivity index (χ3n) is 3.65. The Kier molecular flexibility index (Phi) is 4.18. The fourth-order valence-corrected chi connectivity index (χ4v) is 2.48. The van der Waals surface area contributed by atoms with Gasteiger partial charge < -0.3 is 15.7 Å². The summed E-state index contributed by atoms with van der Waals surface area (Å²) >= 11 is 0. The molecule has 0 heterocycles. The summed E-state index contributed by atoms with van der Waals surface area (Å²) < 4.78 is 0. The molecule has 0 bridgehead atoms. The molecule has 2 unspecified atom stereocenters. The third kappa shape index (κ3) is 3.76. The fourth-order valence-electron chi connectivity index (χ4n) is 2.48. The van der Waals surface area contributed by atoms with Gasteiger partial charge in [-0.25, -0.2) is 0 Å². The first kappa shape index (κ1) is 11.9. The molecule has 0 radical (unpaired) electrons. The minimum absolute atomic E-state index is 0.0896. The van der Waals surface area contributed by atoms with E-state index in [4.69, 9.17) is 5.11 Å². The molecule has 4 nitrogen and oxygen atoms in total. The summed E-state index contributed by atoms with van der Waals surface area (Å²) in [7, 11) is 0. The lowest BCUT2D eigenvalue weighted by molar-refractivity contribution is -0.136. The van der Waals surface area contributed by atoms with Crippen molar-refractivity contribution in [3.63, 3.8) is 0 Å². The molecule has 4 heteroatoms. The molecule has 2 fully saturated rings. The van der Waals surface area contributed by atoms with Crippen molar-refractivity contribution < 1.29 is 9.90 Å². The lowest BCUT2D eigenvalue weighted by Gasteiger charge is -2.32. The van der Waals surface area contributed by atoms with Gasteiger partial charge in [0.15, 0.2) is 0 Å². The molecule has 0 amide bonds. The quantitative estimate of drug-likeness (QED) is 0.631. The van der Waals surface area contributed by atoms with Gasteiger partial charge in [-0.1, -0.05) is 12.8 Å². The molecule has 3 N–H and O–H groups in total. The fraction of sp³-hybridized carbons (Fsp3) is 0.917. The molecule has 0 aromatic carbocycles. The highest BCUT2D eigenvalue weighted by molar-refractivity contribution is 5.69. The average Bonchev–Trinajstić information content (AvgIpc) is 3.08. The topological polar surface area (TPSA) is 61.4 Å². The number of hydrogen-bond acceptors (Lipinski definition) is 3. The zero-order chi connectivity index (χ0) is 11.4. The van der Waals surface area contributed by atoms with Crippen molar-refractivity contribution in [2.45, 2.75) is 50.6 Å². The Morgan fingerprint density at radius 3 is 2.25 bits per heavy atom.